The van der Waals surface area contributed by atoms with Crippen LogP contribution in [-0.2, 0) is 19.1 Å². The van der Waals surface area contributed by atoms with Crippen LogP contribution < -0.4 is 0 Å². The number of hydrogen-bond donors (Lipinski definition) is 0. The molecular weight excluding hydrogens is 364 g/mol. The van der Waals surface area contributed by atoms with Crippen LogP contribution in [0.2, 0.25) is 0 Å². The van der Waals surface area contributed by atoms with E-state index in [0.717, 1.165) is 44.1 Å². The first kappa shape index (κ1) is 26.9. The molecule has 0 unspecified atom stereocenters. The van der Waals surface area contributed by atoms with E-state index in [1.807, 2.05) is 13.0 Å². The molecule has 0 amide bonds. The van der Waals surface area contributed by atoms with Crippen LogP contribution in [0.4, 0.5) is 0 Å². The Bertz CT molecular complexity index is 615. The molecule has 0 aliphatic rings. The number of rotatable bonds is 13. The van der Waals surface area contributed by atoms with Crippen LogP contribution in [0.1, 0.15) is 79.6 Å². The number of ether oxygens (including phenoxy) is 2. The molecule has 0 heterocycles. The highest BCUT2D eigenvalue weighted by Crippen LogP contribution is 2.16. The van der Waals surface area contributed by atoms with Crippen LogP contribution in [-0.4, -0.2) is 26.2 Å². The third-order valence-electron chi connectivity index (χ3n) is 4.83. The summed E-state index contributed by atoms with van der Waals surface area (Å²) in [5, 5.41) is 0. The summed E-state index contributed by atoms with van der Waals surface area (Å²) in [6.45, 7) is 10.7. The van der Waals surface area contributed by atoms with E-state index < -0.39 is 17.9 Å². The van der Waals surface area contributed by atoms with Crippen LogP contribution in [0.5, 0.6) is 0 Å². The standard InChI is InChI=1S/C25H40O4/c1-19(2)11-8-12-20(3)13-9-14-21(4)15-10-16-22(5)17-18-23(24(26)28-6)25(27)29-7/h11,13,15,17,23H,8-10,12,14,16,18H2,1-7H3/b20-13+,21-15+,22-17+. The van der Waals surface area contributed by atoms with Crippen molar-refractivity contribution in [2.75, 3.05) is 14.2 Å². The number of hydrogen-bond acceptors (Lipinski definition) is 4. The monoisotopic (exact) mass is 404 g/mol. The van der Waals surface area contributed by atoms with Gasteiger partial charge < -0.3 is 9.47 Å². The molecule has 0 radical (unpaired) electrons. The van der Waals surface area contributed by atoms with Crippen molar-refractivity contribution in [1.29, 1.82) is 0 Å². The summed E-state index contributed by atoms with van der Waals surface area (Å²) in [6, 6.07) is 0. The highest BCUT2D eigenvalue weighted by atomic mass is 16.5. The number of carbonyl (C=O) groups excluding carboxylic acids is 2. The van der Waals surface area contributed by atoms with Crippen LogP contribution in [0.15, 0.2) is 46.6 Å². The Balaban J connectivity index is 4.37. The summed E-state index contributed by atoms with van der Waals surface area (Å²) in [4.78, 5) is 23.4. The zero-order valence-corrected chi connectivity index (χ0v) is 19.5. The maximum Gasteiger partial charge on any atom is 0.320 e. The van der Waals surface area contributed by atoms with Crippen molar-refractivity contribution in [3.8, 4) is 0 Å². The number of methoxy groups -OCH3 is 2. The molecule has 0 aliphatic carbocycles. The topological polar surface area (TPSA) is 52.6 Å². The van der Waals surface area contributed by atoms with Crippen LogP contribution in [0.3, 0.4) is 0 Å². The van der Waals surface area contributed by atoms with Crippen LogP contribution in [0, 0.1) is 5.92 Å². The summed E-state index contributed by atoms with van der Waals surface area (Å²) in [7, 11) is 2.56. The van der Waals surface area contributed by atoms with Gasteiger partial charge in [-0.1, -0.05) is 46.6 Å². The van der Waals surface area contributed by atoms with Gasteiger partial charge >= 0.3 is 11.9 Å². The minimum absolute atomic E-state index is 0.310. The second kappa shape index (κ2) is 15.8. The number of allylic oxidation sites excluding steroid dienone is 8. The van der Waals surface area contributed by atoms with Crippen molar-refractivity contribution in [3.63, 3.8) is 0 Å². The van der Waals surface area contributed by atoms with Gasteiger partial charge in [0.25, 0.3) is 0 Å². The molecule has 4 heteroatoms. The predicted octanol–water partition coefficient (Wildman–Crippen LogP) is 6.48. The molecule has 0 saturated carbocycles. The van der Waals surface area contributed by atoms with E-state index in [-0.39, 0.29) is 0 Å². The fourth-order valence-corrected chi connectivity index (χ4v) is 2.88. The van der Waals surface area contributed by atoms with Gasteiger partial charge in [0.1, 0.15) is 0 Å². The van der Waals surface area contributed by atoms with Gasteiger partial charge in [0.15, 0.2) is 5.92 Å². The lowest BCUT2D eigenvalue weighted by Gasteiger charge is -2.10. The minimum atomic E-state index is -0.885. The van der Waals surface area contributed by atoms with E-state index in [9.17, 15) is 9.59 Å². The molecule has 0 aliphatic heterocycles. The highest BCUT2D eigenvalue weighted by molar-refractivity contribution is 5.94. The van der Waals surface area contributed by atoms with Crippen molar-refractivity contribution in [2.24, 2.45) is 5.92 Å². The van der Waals surface area contributed by atoms with E-state index in [4.69, 9.17) is 0 Å². The van der Waals surface area contributed by atoms with E-state index in [1.54, 1.807) is 0 Å². The summed E-state index contributed by atoms with van der Waals surface area (Å²) >= 11 is 0. The number of carbonyl (C=O) groups is 2. The molecule has 0 aromatic heterocycles. The molecule has 0 spiro atoms. The van der Waals surface area contributed by atoms with Crippen LogP contribution >= 0.6 is 0 Å². The maximum atomic E-state index is 11.7. The smallest absolute Gasteiger partial charge is 0.320 e. The Morgan fingerprint density at radius 3 is 1.41 bits per heavy atom. The van der Waals surface area contributed by atoms with Gasteiger partial charge in [-0.15, -0.1) is 0 Å². The lowest BCUT2D eigenvalue weighted by Crippen LogP contribution is -2.26. The first-order valence-electron chi connectivity index (χ1n) is 10.5. The Morgan fingerprint density at radius 1 is 0.655 bits per heavy atom. The van der Waals surface area contributed by atoms with Crippen molar-refractivity contribution in [2.45, 2.75) is 79.6 Å². The van der Waals surface area contributed by atoms with Crippen molar-refractivity contribution in [3.05, 3.63) is 46.6 Å². The van der Waals surface area contributed by atoms with Gasteiger partial charge in [0, 0.05) is 0 Å². The Hall–Kier alpha value is -2.10. The average molecular weight is 405 g/mol. The van der Waals surface area contributed by atoms with Gasteiger partial charge in [0.2, 0.25) is 0 Å². The van der Waals surface area contributed by atoms with E-state index >= 15 is 0 Å². The Kier molecular flexibility index (Phi) is 14.6. The molecule has 0 fully saturated rings. The summed E-state index contributed by atoms with van der Waals surface area (Å²) in [5.41, 5.74) is 5.39. The van der Waals surface area contributed by atoms with E-state index in [1.165, 1.54) is 30.9 Å². The fraction of sp³-hybridized carbons (Fsp3) is 0.600. The molecule has 0 atom stereocenters. The van der Waals surface area contributed by atoms with Gasteiger partial charge in [-0.3, -0.25) is 9.59 Å². The molecule has 164 valence electrons. The van der Waals surface area contributed by atoms with Gasteiger partial charge in [-0.25, -0.2) is 0 Å². The zero-order valence-electron chi connectivity index (χ0n) is 19.5. The summed E-state index contributed by atoms with van der Waals surface area (Å²) in [5.74, 6) is -1.99. The molecule has 29 heavy (non-hydrogen) atoms. The summed E-state index contributed by atoms with van der Waals surface area (Å²) < 4.78 is 9.36. The summed E-state index contributed by atoms with van der Waals surface area (Å²) in [6.07, 6.45) is 15.4. The maximum absolute atomic E-state index is 11.7. The molecule has 0 saturated heterocycles. The molecular formula is C25H40O4. The minimum Gasteiger partial charge on any atom is -0.468 e. The average Bonchev–Trinajstić information content (AvgIpc) is 2.67. The second-order valence-corrected chi connectivity index (χ2v) is 7.88. The zero-order chi connectivity index (χ0) is 22.2. The fourth-order valence-electron chi connectivity index (χ4n) is 2.88. The second-order valence-electron chi connectivity index (χ2n) is 7.88. The Labute approximate surface area is 177 Å². The first-order chi connectivity index (χ1) is 13.7. The Morgan fingerprint density at radius 2 is 1.03 bits per heavy atom. The first-order valence-corrected chi connectivity index (χ1v) is 10.5. The SMILES string of the molecule is COC(=O)C(C/C=C(\C)CC/C=C(\C)CC/C=C(\C)CCC=C(C)C)C(=O)OC. The lowest BCUT2D eigenvalue weighted by atomic mass is 10.0. The van der Waals surface area contributed by atoms with Gasteiger partial charge in [-0.2, -0.15) is 0 Å². The van der Waals surface area contributed by atoms with Gasteiger partial charge in [-0.05, 0) is 79.6 Å². The van der Waals surface area contributed by atoms with Crippen molar-refractivity contribution >= 4 is 11.9 Å². The van der Waals surface area contributed by atoms with E-state index in [0.29, 0.717) is 6.42 Å². The third-order valence-corrected chi connectivity index (χ3v) is 4.83. The van der Waals surface area contributed by atoms with Gasteiger partial charge in [0.05, 0.1) is 14.2 Å². The largest absolute Gasteiger partial charge is 0.468 e. The molecule has 0 aromatic rings. The number of esters is 2. The van der Waals surface area contributed by atoms with Crippen molar-refractivity contribution < 1.29 is 19.1 Å². The quantitative estimate of drug-likeness (QED) is 0.200. The molecule has 4 nitrogen and oxygen atoms in total. The van der Waals surface area contributed by atoms with Crippen molar-refractivity contribution in [1.82, 2.24) is 0 Å². The molecule has 0 bridgehead atoms. The predicted molar refractivity (Wildman–Crippen MR) is 121 cm³/mol. The molecule has 0 aromatic carbocycles. The molecule has 0 N–H and O–H groups in total. The molecule has 0 rings (SSSR count). The highest BCUT2D eigenvalue weighted by Gasteiger charge is 2.27. The normalized spacial score (nSPS) is 12.8. The third kappa shape index (κ3) is 13.7. The van der Waals surface area contributed by atoms with Crippen LogP contribution in [0.25, 0.3) is 0 Å². The van der Waals surface area contributed by atoms with E-state index in [2.05, 4.69) is 55.4 Å². The lowest BCUT2D eigenvalue weighted by molar-refractivity contribution is -0.158.